The molecule has 0 saturated heterocycles. The highest BCUT2D eigenvalue weighted by atomic mass is 19.3. The van der Waals surface area contributed by atoms with E-state index in [1.807, 2.05) is 0 Å². The molecule has 0 aliphatic heterocycles. The topological polar surface area (TPSA) is 46.2 Å². The van der Waals surface area contributed by atoms with Crippen molar-refractivity contribution in [3.63, 3.8) is 0 Å². The molecule has 0 aliphatic rings. The molecule has 0 radical (unpaired) electrons. The number of phenols is 1. The Labute approximate surface area is 87.7 Å². The third kappa shape index (κ3) is 2.45. The lowest BCUT2D eigenvalue weighted by atomic mass is 9.95. The van der Waals surface area contributed by atoms with Crippen LogP contribution in [-0.2, 0) is 0 Å². The highest BCUT2D eigenvalue weighted by Crippen LogP contribution is 2.29. The minimum Gasteiger partial charge on any atom is -0.507 e. The third-order valence-electron chi connectivity index (χ3n) is 2.50. The van der Waals surface area contributed by atoms with Crippen molar-refractivity contribution in [3.05, 3.63) is 28.8 Å². The predicted molar refractivity (Wildman–Crippen MR) is 55.4 cm³/mol. The molecule has 0 aromatic heterocycles. The van der Waals surface area contributed by atoms with Gasteiger partial charge in [0.25, 0.3) is 0 Å². The zero-order valence-corrected chi connectivity index (χ0v) is 8.80. The Balaban J connectivity index is 3.14. The highest BCUT2D eigenvalue weighted by molar-refractivity contribution is 5.43. The van der Waals surface area contributed by atoms with Crippen molar-refractivity contribution in [3.8, 4) is 5.75 Å². The van der Waals surface area contributed by atoms with Gasteiger partial charge in [0, 0.05) is 6.54 Å². The fraction of sp³-hybridized carbons (Fsp3) is 0.455. The van der Waals surface area contributed by atoms with E-state index in [1.165, 1.54) is 0 Å². The molecule has 0 heterocycles. The minimum atomic E-state index is -2.47. The number of phenolic OH excluding ortho intramolecular Hbond substituents is 1. The Morgan fingerprint density at radius 3 is 2.07 bits per heavy atom. The van der Waals surface area contributed by atoms with Crippen molar-refractivity contribution >= 4 is 0 Å². The maximum absolute atomic E-state index is 12.6. The molecule has 15 heavy (non-hydrogen) atoms. The summed E-state index contributed by atoms with van der Waals surface area (Å²) in [4.78, 5) is 0. The molecule has 4 heteroatoms. The fourth-order valence-electron chi connectivity index (χ4n) is 1.59. The maximum Gasteiger partial charge on any atom is 0.246 e. The van der Waals surface area contributed by atoms with E-state index in [2.05, 4.69) is 0 Å². The monoisotopic (exact) mass is 215 g/mol. The molecule has 0 amide bonds. The van der Waals surface area contributed by atoms with Crippen molar-refractivity contribution in [2.45, 2.75) is 26.2 Å². The van der Waals surface area contributed by atoms with E-state index >= 15 is 0 Å². The summed E-state index contributed by atoms with van der Waals surface area (Å²) in [5.74, 6) is -0.799. The van der Waals surface area contributed by atoms with E-state index in [4.69, 9.17) is 5.73 Å². The van der Waals surface area contributed by atoms with Gasteiger partial charge in [-0.25, -0.2) is 8.78 Å². The summed E-state index contributed by atoms with van der Waals surface area (Å²) < 4.78 is 25.2. The summed E-state index contributed by atoms with van der Waals surface area (Å²) in [6.45, 7) is 3.27. The zero-order valence-electron chi connectivity index (χ0n) is 8.80. The van der Waals surface area contributed by atoms with Crippen LogP contribution in [0.25, 0.3) is 0 Å². The Hall–Kier alpha value is -1.16. The molecule has 1 atom stereocenters. The summed E-state index contributed by atoms with van der Waals surface area (Å²) in [5, 5.41) is 9.51. The smallest absolute Gasteiger partial charge is 0.246 e. The first-order valence-electron chi connectivity index (χ1n) is 4.75. The summed E-state index contributed by atoms with van der Waals surface area (Å²) in [6, 6.07) is 3.12. The molecule has 1 aromatic carbocycles. The van der Waals surface area contributed by atoms with E-state index in [0.29, 0.717) is 16.7 Å². The van der Waals surface area contributed by atoms with Gasteiger partial charge >= 0.3 is 0 Å². The van der Waals surface area contributed by atoms with Gasteiger partial charge in [0.1, 0.15) is 5.75 Å². The van der Waals surface area contributed by atoms with Crippen molar-refractivity contribution in [2.24, 2.45) is 5.73 Å². The SMILES string of the molecule is Cc1cc(C(CN)C(F)F)cc(C)c1O. The number of rotatable bonds is 3. The molecule has 0 fully saturated rings. The van der Waals surface area contributed by atoms with Crippen LogP contribution in [0.15, 0.2) is 12.1 Å². The number of aryl methyl sites for hydroxylation is 2. The van der Waals surface area contributed by atoms with Crippen LogP contribution >= 0.6 is 0 Å². The van der Waals surface area contributed by atoms with Gasteiger partial charge in [0.2, 0.25) is 6.43 Å². The maximum atomic E-state index is 12.6. The number of aromatic hydroxyl groups is 1. The van der Waals surface area contributed by atoms with Crippen LogP contribution in [0.5, 0.6) is 5.75 Å². The Morgan fingerprint density at radius 1 is 1.27 bits per heavy atom. The first-order chi connectivity index (χ1) is 6.97. The van der Waals surface area contributed by atoms with Crippen LogP contribution in [0.1, 0.15) is 22.6 Å². The van der Waals surface area contributed by atoms with Gasteiger partial charge in [-0.3, -0.25) is 0 Å². The minimum absolute atomic E-state index is 0.0959. The Bertz CT molecular complexity index is 329. The van der Waals surface area contributed by atoms with Crippen LogP contribution in [0.3, 0.4) is 0 Å². The third-order valence-corrected chi connectivity index (χ3v) is 2.50. The van der Waals surface area contributed by atoms with E-state index in [-0.39, 0.29) is 12.3 Å². The van der Waals surface area contributed by atoms with E-state index in [9.17, 15) is 13.9 Å². The Kier molecular flexibility index (Phi) is 3.63. The molecular formula is C11H15F2NO. The lowest BCUT2D eigenvalue weighted by molar-refractivity contribution is 0.117. The predicted octanol–water partition coefficient (Wildman–Crippen LogP) is 2.32. The van der Waals surface area contributed by atoms with Gasteiger partial charge in [-0.1, -0.05) is 12.1 Å². The first-order valence-corrected chi connectivity index (χ1v) is 4.75. The average Bonchev–Trinajstić information content (AvgIpc) is 2.14. The second kappa shape index (κ2) is 4.57. The van der Waals surface area contributed by atoms with Crippen LogP contribution < -0.4 is 5.73 Å². The summed E-state index contributed by atoms with van der Waals surface area (Å²) in [7, 11) is 0. The van der Waals surface area contributed by atoms with Gasteiger partial charge in [-0.15, -0.1) is 0 Å². The number of nitrogens with two attached hydrogens (primary N) is 1. The average molecular weight is 215 g/mol. The number of benzene rings is 1. The van der Waals surface area contributed by atoms with E-state index in [1.54, 1.807) is 26.0 Å². The number of hydrogen-bond donors (Lipinski definition) is 2. The molecule has 1 unspecified atom stereocenters. The Morgan fingerprint density at radius 2 is 1.73 bits per heavy atom. The summed E-state index contributed by atoms with van der Waals surface area (Å²) in [6.07, 6.45) is -2.47. The second-order valence-corrected chi connectivity index (χ2v) is 3.68. The standard InChI is InChI=1S/C11H15F2NO/c1-6-3-8(4-7(2)10(6)15)9(5-14)11(12)13/h3-4,9,11,15H,5,14H2,1-2H3. The van der Waals surface area contributed by atoms with Crippen LogP contribution in [-0.4, -0.2) is 18.1 Å². The van der Waals surface area contributed by atoms with Crippen molar-refractivity contribution < 1.29 is 13.9 Å². The van der Waals surface area contributed by atoms with Crippen LogP contribution in [0, 0.1) is 13.8 Å². The molecule has 1 rings (SSSR count). The lowest BCUT2D eigenvalue weighted by Crippen LogP contribution is -2.19. The molecule has 84 valence electrons. The zero-order chi connectivity index (χ0) is 11.6. The van der Waals surface area contributed by atoms with Gasteiger partial charge in [0.05, 0.1) is 5.92 Å². The molecule has 2 nitrogen and oxygen atoms in total. The molecule has 0 saturated carbocycles. The highest BCUT2D eigenvalue weighted by Gasteiger charge is 2.21. The fourth-order valence-corrected chi connectivity index (χ4v) is 1.59. The van der Waals surface area contributed by atoms with Gasteiger partial charge in [0.15, 0.2) is 0 Å². The molecule has 1 aromatic rings. The number of halogens is 2. The summed E-state index contributed by atoms with van der Waals surface area (Å²) >= 11 is 0. The molecule has 0 aliphatic carbocycles. The lowest BCUT2D eigenvalue weighted by Gasteiger charge is -2.16. The second-order valence-electron chi connectivity index (χ2n) is 3.68. The molecule has 0 bridgehead atoms. The molecular weight excluding hydrogens is 200 g/mol. The van der Waals surface area contributed by atoms with Crippen LogP contribution in [0.2, 0.25) is 0 Å². The van der Waals surface area contributed by atoms with Gasteiger partial charge < -0.3 is 10.8 Å². The van der Waals surface area contributed by atoms with Crippen LogP contribution in [0.4, 0.5) is 8.78 Å². The largest absolute Gasteiger partial charge is 0.507 e. The number of alkyl halides is 2. The van der Waals surface area contributed by atoms with Gasteiger partial charge in [-0.2, -0.15) is 0 Å². The van der Waals surface area contributed by atoms with Crippen molar-refractivity contribution in [1.82, 2.24) is 0 Å². The summed E-state index contributed by atoms with van der Waals surface area (Å²) in [5.41, 5.74) is 6.99. The molecule has 3 N–H and O–H groups in total. The van der Waals surface area contributed by atoms with Crippen molar-refractivity contribution in [1.29, 1.82) is 0 Å². The number of hydrogen-bond acceptors (Lipinski definition) is 2. The van der Waals surface area contributed by atoms with Gasteiger partial charge in [-0.05, 0) is 30.5 Å². The van der Waals surface area contributed by atoms with Crippen molar-refractivity contribution in [2.75, 3.05) is 6.54 Å². The molecule has 0 spiro atoms. The quantitative estimate of drug-likeness (QED) is 0.812. The van der Waals surface area contributed by atoms with E-state index < -0.39 is 12.3 Å². The normalized spacial score (nSPS) is 13.2. The first kappa shape index (κ1) is 11.9. The van der Waals surface area contributed by atoms with E-state index in [0.717, 1.165) is 0 Å².